The Hall–Kier alpha value is -2.01. The van der Waals surface area contributed by atoms with Gasteiger partial charge in [-0.05, 0) is 26.0 Å². The van der Waals surface area contributed by atoms with E-state index in [0.717, 1.165) is 10.9 Å². The first-order chi connectivity index (χ1) is 9.97. The van der Waals surface area contributed by atoms with Gasteiger partial charge in [0.25, 0.3) is 0 Å². The van der Waals surface area contributed by atoms with Crippen LogP contribution in [0.15, 0.2) is 18.2 Å². The van der Waals surface area contributed by atoms with Gasteiger partial charge in [-0.15, -0.1) is 0 Å². The molecule has 0 amide bonds. The number of aromatic nitrogens is 1. The molecule has 0 bridgehead atoms. The second kappa shape index (κ2) is 4.77. The molecule has 2 heterocycles. The van der Waals surface area contributed by atoms with Crippen molar-refractivity contribution in [1.82, 2.24) is 4.98 Å². The number of hydrogen-bond donors (Lipinski definition) is 1. The Labute approximate surface area is 123 Å². The third-order valence-corrected chi connectivity index (χ3v) is 3.97. The molecule has 2 aromatic rings. The average molecular weight is 289 g/mol. The second-order valence-corrected chi connectivity index (χ2v) is 5.71. The number of aliphatic hydroxyl groups excluding tert-OH is 1. The van der Waals surface area contributed by atoms with E-state index in [9.17, 15) is 5.11 Å². The fourth-order valence-corrected chi connectivity index (χ4v) is 2.67. The Balaban J connectivity index is 2.31. The highest BCUT2D eigenvalue weighted by Gasteiger charge is 2.38. The van der Waals surface area contributed by atoms with E-state index in [1.165, 1.54) is 0 Å². The number of aliphatic hydroxyl groups is 1. The Morgan fingerprint density at radius 1 is 1.29 bits per heavy atom. The third kappa shape index (κ3) is 2.08. The van der Waals surface area contributed by atoms with Crippen molar-refractivity contribution in [2.75, 3.05) is 14.2 Å². The van der Waals surface area contributed by atoms with Gasteiger partial charge in [-0.2, -0.15) is 0 Å². The van der Waals surface area contributed by atoms with Crippen LogP contribution in [-0.2, 0) is 6.42 Å². The van der Waals surface area contributed by atoms with Crippen LogP contribution in [0.1, 0.15) is 19.4 Å². The predicted molar refractivity (Wildman–Crippen MR) is 79.3 cm³/mol. The lowest BCUT2D eigenvalue weighted by atomic mass is 9.91. The summed E-state index contributed by atoms with van der Waals surface area (Å²) in [4.78, 5) is 4.59. The quantitative estimate of drug-likeness (QED) is 0.919. The number of rotatable bonds is 2. The fourth-order valence-electron chi connectivity index (χ4n) is 2.67. The van der Waals surface area contributed by atoms with Crippen LogP contribution >= 0.6 is 0 Å². The molecule has 21 heavy (non-hydrogen) atoms. The molecule has 0 aliphatic carbocycles. The van der Waals surface area contributed by atoms with Crippen molar-refractivity contribution < 1.29 is 19.3 Å². The van der Waals surface area contributed by atoms with E-state index >= 15 is 0 Å². The lowest BCUT2D eigenvalue weighted by Crippen LogP contribution is -2.46. The molecule has 3 rings (SSSR count). The van der Waals surface area contributed by atoms with Gasteiger partial charge in [-0.25, -0.2) is 4.98 Å². The van der Waals surface area contributed by atoms with Gasteiger partial charge in [-0.3, -0.25) is 0 Å². The van der Waals surface area contributed by atoms with Gasteiger partial charge in [0.15, 0.2) is 0 Å². The number of nitrogens with zero attached hydrogens (tertiary/aromatic N) is 1. The smallest absolute Gasteiger partial charge is 0.221 e. The number of ether oxygens (including phenoxy) is 3. The summed E-state index contributed by atoms with van der Waals surface area (Å²) >= 11 is 0. The standard InChI is InChI=1S/C16H19NO4/c1-16(2)12(18)8-10-14(20-4)9-6-5-7-11(19-3)13(9)17-15(10)21-16/h5-7,12,18H,8H2,1-4H3/t12-/m0/s1. The van der Waals surface area contributed by atoms with Gasteiger partial charge in [0.1, 0.15) is 22.6 Å². The lowest BCUT2D eigenvalue weighted by Gasteiger charge is -2.36. The van der Waals surface area contributed by atoms with Crippen molar-refractivity contribution in [3.8, 4) is 17.4 Å². The van der Waals surface area contributed by atoms with Crippen LogP contribution < -0.4 is 14.2 Å². The number of fused-ring (bicyclic) bond motifs is 2. The first-order valence-corrected chi connectivity index (χ1v) is 6.88. The molecular weight excluding hydrogens is 270 g/mol. The molecule has 1 aliphatic rings. The monoisotopic (exact) mass is 289 g/mol. The van der Waals surface area contributed by atoms with Crippen molar-refractivity contribution in [2.24, 2.45) is 0 Å². The highest BCUT2D eigenvalue weighted by Crippen LogP contribution is 2.42. The summed E-state index contributed by atoms with van der Waals surface area (Å²) < 4.78 is 16.8. The first-order valence-electron chi connectivity index (χ1n) is 6.88. The van der Waals surface area contributed by atoms with Crippen molar-refractivity contribution >= 4 is 10.9 Å². The number of benzene rings is 1. The maximum atomic E-state index is 10.2. The molecule has 1 aromatic heterocycles. The second-order valence-electron chi connectivity index (χ2n) is 5.71. The summed E-state index contributed by atoms with van der Waals surface area (Å²) in [6.07, 6.45) is -0.158. The van der Waals surface area contributed by atoms with Crippen molar-refractivity contribution in [2.45, 2.75) is 32.0 Å². The predicted octanol–water partition coefficient (Wildman–Crippen LogP) is 2.33. The lowest BCUT2D eigenvalue weighted by molar-refractivity contribution is -0.0445. The molecular formula is C16H19NO4. The topological polar surface area (TPSA) is 60.8 Å². The number of hydrogen-bond acceptors (Lipinski definition) is 5. The molecule has 5 heteroatoms. The molecule has 0 spiro atoms. The van der Waals surface area contributed by atoms with Gasteiger partial charge in [0.05, 0.1) is 25.9 Å². The summed E-state index contributed by atoms with van der Waals surface area (Å²) in [5.41, 5.74) is 0.814. The minimum atomic E-state index is -0.680. The average Bonchev–Trinajstić information content (AvgIpc) is 2.45. The first kappa shape index (κ1) is 13.9. The molecule has 0 unspecified atom stereocenters. The van der Waals surface area contributed by atoms with Crippen LogP contribution in [0.25, 0.3) is 10.9 Å². The molecule has 5 nitrogen and oxygen atoms in total. The zero-order valence-electron chi connectivity index (χ0n) is 12.6. The van der Waals surface area contributed by atoms with Crippen LogP contribution in [0, 0.1) is 0 Å². The Morgan fingerprint density at radius 2 is 2.05 bits per heavy atom. The molecule has 0 saturated carbocycles. The summed E-state index contributed by atoms with van der Waals surface area (Å²) in [5.74, 6) is 1.85. The van der Waals surface area contributed by atoms with E-state index in [0.29, 0.717) is 29.3 Å². The van der Waals surface area contributed by atoms with Gasteiger partial charge in [-0.1, -0.05) is 6.07 Å². The third-order valence-electron chi connectivity index (χ3n) is 3.97. The Morgan fingerprint density at radius 3 is 2.71 bits per heavy atom. The summed E-state index contributed by atoms with van der Waals surface area (Å²) in [5, 5.41) is 11.1. The SMILES string of the molecule is COc1c2c(nc3c(OC)cccc13)OC(C)(C)[C@@H](O)C2. The van der Waals surface area contributed by atoms with Gasteiger partial charge in [0.2, 0.25) is 5.88 Å². The minimum Gasteiger partial charge on any atom is -0.496 e. The van der Waals surface area contributed by atoms with Gasteiger partial charge < -0.3 is 19.3 Å². The molecule has 0 saturated heterocycles. The molecule has 1 atom stereocenters. The highest BCUT2D eigenvalue weighted by molar-refractivity contribution is 5.92. The summed E-state index contributed by atoms with van der Waals surface area (Å²) in [6, 6.07) is 5.67. The number of pyridine rings is 1. The Kier molecular flexibility index (Phi) is 3.17. The van der Waals surface area contributed by atoms with Crippen LogP contribution in [-0.4, -0.2) is 36.0 Å². The van der Waals surface area contributed by atoms with E-state index < -0.39 is 11.7 Å². The molecule has 0 fully saturated rings. The van der Waals surface area contributed by atoms with Crippen LogP contribution in [0.3, 0.4) is 0 Å². The number of methoxy groups -OCH3 is 2. The van der Waals surface area contributed by atoms with Crippen LogP contribution in [0.5, 0.6) is 17.4 Å². The summed E-state index contributed by atoms with van der Waals surface area (Å²) in [6.45, 7) is 3.70. The van der Waals surface area contributed by atoms with Crippen LogP contribution in [0.2, 0.25) is 0 Å². The molecule has 1 aromatic carbocycles. The fraction of sp³-hybridized carbons (Fsp3) is 0.438. The maximum Gasteiger partial charge on any atom is 0.221 e. The van der Waals surface area contributed by atoms with Crippen LogP contribution in [0.4, 0.5) is 0 Å². The van der Waals surface area contributed by atoms with E-state index in [1.807, 2.05) is 32.0 Å². The van der Waals surface area contributed by atoms with E-state index in [-0.39, 0.29) is 0 Å². The highest BCUT2D eigenvalue weighted by atomic mass is 16.5. The number of para-hydroxylation sites is 1. The van der Waals surface area contributed by atoms with E-state index in [1.54, 1.807) is 14.2 Å². The Bertz CT molecular complexity index is 696. The maximum absolute atomic E-state index is 10.2. The van der Waals surface area contributed by atoms with E-state index in [2.05, 4.69) is 4.98 Å². The van der Waals surface area contributed by atoms with Gasteiger partial charge in [0, 0.05) is 11.8 Å². The van der Waals surface area contributed by atoms with Gasteiger partial charge >= 0.3 is 0 Å². The normalized spacial score (nSPS) is 19.8. The largest absolute Gasteiger partial charge is 0.496 e. The van der Waals surface area contributed by atoms with Crippen molar-refractivity contribution in [3.63, 3.8) is 0 Å². The zero-order valence-corrected chi connectivity index (χ0v) is 12.6. The zero-order chi connectivity index (χ0) is 15.2. The van der Waals surface area contributed by atoms with E-state index in [4.69, 9.17) is 14.2 Å². The minimum absolute atomic E-state index is 0.450. The molecule has 0 radical (unpaired) electrons. The molecule has 1 N–H and O–H groups in total. The molecule has 112 valence electrons. The van der Waals surface area contributed by atoms with Crippen molar-refractivity contribution in [3.05, 3.63) is 23.8 Å². The molecule has 1 aliphatic heterocycles. The summed E-state index contributed by atoms with van der Waals surface area (Å²) in [7, 11) is 3.22. The van der Waals surface area contributed by atoms with Crippen molar-refractivity contribution in [1.29, 1.82) is 0 Å².